The van der Waals surface area contributed by atoms with Gasteiger partial charge in [0.25, 0.3) is 0 Å². The number of nitrogens with zero attached hydrogens (tertiary/aromatic N) is 2. The van der Waals surface area contributed by atoms with Gasteiger partial charge in [0, 0.05) is 22.4 Å². The number of aromatic nitrogens is 1. The van der Waals surface area contributed by atoms with Crippen molar-refractivity contribution in [1.82, 2.24) is 4.57 Å². The van der Waals surface area contributed by atoms with Crippen molar-refractivity contribution in [3.8, 4) is 0 Å². The third-order valence-electron chi connectivity index (χ3n) is 4.39. The molecule has 0 saturated heterocycles. The summed E-state index contributed by atoms with van der Waals surface area (Å²) in [7, 11) is 0. The summed E-state index contributed by atoms with van der Waals surface area (Å²) < 4.78 is 16.1. The average Bonchev–Trinajstić information content (AvgIpc) is 3.10. The number of carbonyl (C=O) groups excluding carboxylic acids is 1. The van der Waals surface area contributed by atoms with Crippen LogP contribution in [0.3, 0.4) is 0 Å². The number of benzene rings is 2. The van der Waals surface area contributed by atoms with E-state index in [1.54, 1.807) is 6.21 Å². The molecule has 2 aromatic carbocycles. The quantitative estimate of drug-likeness (QED) is 0.574. The first-order chi connectivity index (χ1) is 12.1. The SMILES string of the molecule is O=C(c1ccc(F)cc1)[C@@H]1[C@@H](c2ccc(Br)cc2)N=Cc2cccn21. The molecule has 0 N–H and O–H groups in total. The molecule has 2 heterocycles. The molecule has 124 valence electrons. The van der Waals surface area contributed by atoms with Gasteiger partial charge in [0.1, 0.15) is 17.9 Å². The van der Waals surface area contributed by atoms with Crippen LogP contribution in [0.4, 0.5) is 4.39 Å². The number of halogens is 2. The van der Waals surface area contributed by atoms with Gasteiger partial charge in [-0.2, -0.15) is 0 Å². The van der Waals surface area contributed by atoms with Crippen molar-refractivity contribution >= 4 is 27.9 Å². The third-order valence-corrected chi connectivity index (χ3v) is 4.92. The van der Waals surface area contributed by atoms with Crippen LogP contribution in [-0.4, -0.2) is 16.6 Å². The smallest absolute Gasteiger partial charge is 0.188 e. The Labute approximate surface area is 153 Å². The van der Waals surface area contributed by atoms with E-state index in [1.165, 1.54) is 24.3 Å². The van der Waals surface area contributed by atoms with Crippen molar-refractivity contribution in [2.45, 2.75) is 12.1 Å². The Bertz CT molecular complexity index is 945. The summed E-state index contributed by atoms with van der Waals surface area (Å²) in [6.45, 7) is 0. The highest BCUT2D eigenvalue weighted by molar-refractivity contribution is 9.10. The Kier molecular flexibility index (Phi) is 4.09. The van der Waals surface area contributed by atoms with Gasteiger partial charge in [-0.1, -0.05) is 28.1 Å². The van der Waals surface area contributed by atoms with Crippen molar-refractivity contribution in [2.75, 3.05) is 0 Å². The first kappa shape index (κ1) is 16.0. The summed E-state index contributed by atoms with van der Waals surface area (Å²) in [5.74, 6) is -0.438. The highest BCUT2D eigenvalue weighted by atomic mass is 79.9. The van der Waals surface area contributed by atoms with Crippen molar-refractivity contribution in [3.63, 3.8) is 0 Å². The van der Waals surface area contributed by atoms with Gasteiger partial charge in [0.05, 0.1) is 5.69 Å². The van der Waals surface area contributed by atoms with Crippen LogP contribution in [0, 0.1) is 5.82 Å². The van der Waals surface area contributed by atoms with Crippen LogP contribution in [0.5, 0.6) is 0 Å². The summed E-state index contributed by atoms with van der Waals surface area (Å²) in [6, 6.07) is 16.5. The predicted octanol–water partition coefficient (Wildman–Crippen LogP) is 4.99. The van der Waals surface area contributed by atoms with Crippen LogP contribution in [0.25, 0.3) is 0 Å². The molecule has 0 aliphatic carbocycles. The molecule has 0 fully saturated rings. The van der Waals surface area contributed by atoms with Gasteiger partial charge in [-0.05, 0) is 54.1 Å². The van der Waals surface area contributed by atoms with E-state index in [-0.39, 0.29) is 17.6 Å². The number of carbonyl (C=O) groups is 1. The average molecular weight is 397 g/mol. The van der Waals surface area contributed by atoms with Crippen LogP contribution in [0.2, 0.25) is 0 Å². The molecule has 3 nitrogen and oxygen atoms in total. The van der Waals surface area contributed by atoms with E-state index in [2.05, 4.69) is 20.9 Å². The molecule has 0 radical (unpaired) electrons. The number of rotatable bonds is 3. The first-order valence-corrected chi connectivity index (χ1v) is 8.68. The molecule has 1 aromatic heterocycles. The predicted molar refractivity (Wildman–Crippen MR) is 98.7 cm³/mol. The van der Waals surface area contributed by atoms with Crippen LogP contribution in [0.1, 0.15) is 33.7 Å². The zero-order valence-corrected chi connectivity index (χ0v) is 14.7. The van der Waals surface area contributed by atoms with Crippen molar-refractivity contribution in [1.29, 1.82) is 0 Å². The number of aliphatic imine (C=N–C) groups is 1. The Hall–Kier alpha value is -2.53. The van der Waals surface area contributed by atoms with Crippen LogP contribution < -0.4 is 0 Å². The highest BCUT2D eigenvalue weighted by Gasteiger charge is 2.34. The first-order valence-electron chi connectivity index (χ1n) is 7.89. The van der Waals surface area contributed by atoms with E-state index in [4.69, 9.17) is 0 Å². The molecule has 2 atom stereocenters. The summed E-state index contributed by atoms with van der Waals surface area (Å²) in [5.41, 5.74) is 2.32. The normalized spacial score (nSPS) is 18.8. The Morgan fingerprint density at radius 2 is 1.76 bits per heavy atom. The maximum atomic E-state index is 13.2. The second-order valence-corrected chi connectivity index (χ2v) is 6.85. The molecule has 25 heavy (non-hydrogen) atoms. The zero-order valence-electron chi connectivity index (χ0n) is 13.1. The number of Topliss-reactive ketones (excluding diaryl/α,β-unsaturated/α-hetero) is 1. The molecule has 4 rings (SSSR count). The maximum absolute atomic E-state index is 13.2. The molecule has 0 spiro atoms. The molecular weight excluding hydrogens is 383 g/mol. The Balaban J connectivity index is 1.79. The lowest BCUT2D eigenvalue weighted by Gasteiger charge is -2.29. The Morgan fingerprint density at radius 3 is 2.48 bits per heavy atom. The third kappa shape index (κ3) is 2.96. The second-order valence-electron chi connectivity index (χ2n) is 5.93. The van der Waals surface area contributed by atoms with Gasteiger partial charge in [0.2, 0.25) is 0 Å². The highest BCUT2D eigenvalue weighted by Crippen LogP contribution is 2.36. The van der Waals surface area contributed by atoms with Gasteiger partial charge in [-0.15, -0.1) is 0 Å². The molecule has 0 saturated carbocycles. The molecule has 1 aliphatic heterocycles. The lowest BCUT2D eigenvalue weighted by Crippen LogP contribution is -2.29. The van der Waals surface area contributed by atoms with Crippen molar-refractivity contribution in [2.24, 2.45) is 4.99 Å². The van der Waals surface area contributed by atoms with Gasteiger partial charge in [-0.25, -0.2) is 4.39 Å². The van der Waals surface area contributed by atoms with E-state index in [0.717, 1.165) is 15.7 Å². The number of hydrogen-bond acceptors (Lipinski definition) is 2. The molecule has 5 heteroatoms. The molecule has 0 bridgehead atoms. The molecule has 3 aromatic rings. The van der Waals surface area contributed by atoms with E-state index >= 15 is 0 Å². The fourth-order valence-electron chi connectivity index (χ4n) is 3.14. The summed E-state index contributed by atoms with van der Waals surface area (Å²) in [6.07, 6.45) is 3.68. The van der Waals surface area contributed by atoms with E-state index in [1.807, 2.05) is 47.2 Å². The van der Waals surface area contributed by atoms with Gasteiger partial charge >= 0.3 is 0 Å². The standard InChI is InChI=1S/C20H14BrFN2O/c21-15-7-3-13(4-8-15)18-19(24-11-1-2-17(24)12-23-18)20(25)14-5-9-16(22)10-6-14/h1-12,18-19H/t18-,19+/m1/s1. The lowest BCUT2D eigenvalue weighted by atomic mass is 9.91. The lowest BCUT2D eigenvalue weighted by molar-refractivity contribution is 0.0905. The number of hydrogen-bond donors (Lipinski definition) is 0. The fourth-order valence-corrected chi connectivity index (χ4v) is 3.41. The van der Waals surface area contributed by atoms with E-state index in [9.17, 15) is 9.18 Å². The van der Waals surface area contributed by atoms with Crippen molar-refractivity contribution < 1.29 is 9.18 Å². The number of fused-ring (bicyclic) bond motifs is 1. The minimum Gasteiger partial charge on any atom is -0.333 e. The van der Waals surface area contributed by atoms with Crippen LogP contribution >= 0.6 is 15.9 Å². The topological polar surface area (TPSA) is 34.4 Å². The zero-order chi connectivity index (χ0) is 17.4. The molecule has 0 amide bonds. The molecular formula is C20H14BrFN2O. The monoisotopic (exact) mass is 396 g/mol. The van der Waals surface area contributed by atoms with Crippen LogP contribution in [0.15, 0.2) is 76.3 Å². The summed E-state index contributed by atoms with van der Waals surface area (Å²) in [5, 5.41) is 0. The van der Waals surface area contributed by atoms with Gasteiger partial charge in [0.15, 0.2) is 5.78 Å². The summed E-state index contributed by atoms with van der Waals surface area (Å²) in [4.78, 5) is 17.8. The molecule has 1 aliphatic rings. The largest absolute Gasteiger partial charge is 0.333 e. The van der Waals surface area contributed by atoms with E-state index < -0.39 is 6.04 Å². The van der Waals surface area contributed by atoms with Crippen LogP contribution in [-0.2, 0) is 0 Å². The maximum Gasteiger partial charge on any atom is 0.188 e. The number of ketones is 1. The second kappa shape index (κ2) is 6.41. The summed E-state index contributed by atoms with van der Waals surface area (Å²) >= 11 is 3.43. The van der Waals surface area contributed by atoms with Gasteiger partial charge in [-0.3, -0.25) is 9.79 Å². The van der Waals surface area contributed by atoms with Gasteiger partial charge < -0.3 is 4.57 Å². The van der Waals surface area contributed by atoms with Crippen molar-refractivity contribution in [3.05, 3.63) is 94.0 Å². The minimum atomic E-state index is -0.498. The minimum absolute atomic E-state index is 0.0813. The Morgan fingerprint density at radius 1 is 1.04 bits per heavy atom. The fraction of sp³-hybridized carbons (Fsp3) is 0.100. The molecule has 0 unspecified atom stereocenters. The van der Waals surface area contributed by atoms with E-state index in [0.29, 0.717) is 5.56 Å².